The molecule has 2 aromatic carbocycles. The molecule has 0 amide bonds. The largest absolute Gasteiger partial charge is 0.478 e. The van der Waals surface area contributed by atoms with Gasteiger partial charge in [-0.2, -0.15) is 0 Å². The fourth-order valence-electron chi connectivity index (χ4n) is 3.56. The lowest BCUT2D eigenvalue weighted by Gasteiger charge is -2.13. The van der Waals surface area contributed by atoms with Crippen molar-refractivity contribution < 1.29 is 14.3 Å². The van der Waals surface area contributed by atoms with E-state index in [4.69, 9.17) is 11.6 Å². The first kappa shape index (κ1) is 22.8. The second-order valence-corrected chi connectivity index (χ2v) is 8.99. The van der Waals surface area contributed by atoms with Crippen molar-refractivity contribution in [2.45, 2.75) is 10.8 Å². The molecule has 5 aromatic rings. The first-order valence-corrected chi connectivity index (χ1v) is 11.8. The van der Waals surface area contributed by atoms with Gasteiger partial charge in [-0.25, -0.2) is 14.2 Å². The third-order valence-electron chi connectivity index (χ3n) is 5.24. The molecular formula is C25H17ClFN5O2S. The van der Waals surface area contributed by atoms with Gasteiger partial charge in [-0.3, -0.25) is 0 Å². The van der Waals surface area contributed by atoms with Gasteiger partial charge in [0.25, 0.3) is 0 Å². The Hall–Kier alpha value is -3.95. The van der Waals surface area contributed by atoms with Crippen molar-refractivity contribution in [1.82, 2.24) is 20.2 Å². The van der Waals surface area contributed by atoms with Gasteiger partial charge in [0, 0.05) is 34.1 Å². The van der Waals surface area contributed by atoms with Crippen molar-refractivity contribution in [3.63, 3.8) is 0 Å². The second kappa shape index (κ2) is 9.73. The van der Waals surface area contributed by atoms with Gasteiger partial charge in [0.2, 0.25) is 0 Å². The van der Waals surface area contributed by atoms with Gasteiger partial charge in [-0.1, -0.05) is 35.5 Å². The summed E-state index contributed by atoms with van der Waals surface area (Å²) in [5.74, 6) is -0.983. The number of carboxylic acids is 1. The minimum Gasteiger partial charge on any atom is -0.478 e. The molecule has 3 aromatic heterocycles. The number of halogens is 2. The number of aromatic carboxylic acids is 1. The predicted octanol–water partition coefficient (Wildman–Crippen LogP) is 6.55. The molecule has 35 heavy (non-hydrogen) atoms. The molecule has 0 aliphatic carbocycles. The van der Waals surface area contributed by atoms with E-state index < -0.39 is 11.8 Å². The van der Waals surface area contributed by atoms with Crippen LogP contribution in [0.4, 0.5) is 15.8 Å². The van der Waals surface area contributed by atoms with Crippen LogP contribution >= 0.6 is 23.4 Å². The number of hydrogen-bond donors (Lipinski definition) is 3. The van der Waals surface area contributed by atoms with E-state index >= 15 is 0 Å². The van der Waals surface area contributed by atoms with Crippen LogP contribution < -0.4 is 5.32 Å². The van der Waals surface area contributed by atoms with E-state index in [2.05, 4.69) is 25.5 Å². The number of pyridine rings is 1. The number of aromatic amines is 1. The van der Waals surface area contributed by atoms with Gasteiger partial charge in [-0.05, 0) is 54.1 Å². The van der Waals surface area contributed by atoms with Crippen molar-refractivity contribution in [1.29, 1.82) is 0 Å². The molecule has 10 heteroatoms. The first-order valence-electron chi connectivity index (χ1n) is 10.5. The van der Waals surface area contributed by atoms with Gasteiger partial charge < -0.3 is 15.4 Å². The first-order chi connectivity index (χ1) is 17.0. The van der Waals surface area contributed by atoms with Crippen LogP contribution in [-0.2, 0) is 5.75 Å². The number of rotatable bonds is 7. The summed E-state index contributed by atoms with van der Waals surface area (Å²) in [7, 11) is 0. The van der Waals surface area contributed by atoms with E-state index in [1.807, 2.05) is 18.2 Å². The van der Waals surface area contributed by atoms with E-state index in [9.17, 15) is 14.3 Å². The highest BCUT2D eigenvalue weighted by Gasteiger charge is 2.15. The quantitative estimate of drug-likeness (QED) is 0.215. The number of anilines is 2. The molecule has 0 atom stereocenters. The molecule has 0 bridgehead atoms. The van der Waals surface area contributed by atoms with Gasteiger partial charge in [0.15, 0.2) is 0 Å². The van der Waals surface area contributed by atoms with E-state index in [-0.39, 0.29) is 11.1 Å². The maximum Gasteiger partial charge on any atom is 0.335 e. The van der Waals surface area contributed by atoms with Crippen molar-refractivity contribution >= 4 is 51.7 Å². The zero-order valence-electron chi connectivity index (χ0n) is 18.0. The molecule has 0 radical (unpaired) electrons. The number of benzene rings is 2. The molecule has 0 aliphatic heterocycles. The zero-order valence-corrected chi connectivity index (χ0v) is 19.6. The molecule has 0 saturated carbocycles. The number of nitrogens with zero attached hydrogens (tertiary/aromatic N) is 3. The number of carboxylic acid groups (broad SMARTS) is 1. The van der Waals surface area contributed by atoms with Crippen molar-refractivity contribution in [2.75, 3.05) is 5.32 Å². The lowest BCUT2D eigenvalue weighted by molar-refractivity contribution is 0.0696. The van der Waals surface area contributed by atoms with Gasteiger partial charge in [-0.15, -0.1) is 10.2 Å². The molecule has 0 aliphatic rings. The summed E-state index contributed by atoms with van der Waals surface area (Å²) < 4.78 is 14.5. The number of aromatic nitrogens is 4. The fraction of sp³-hybridized carbons (Fsp3) is 0.0400. The van der Waals surface area contributed by atoms with Crippen LogP contribution in [0.3, 0.4) is 0 Å². The number of nitrogens with one attached hydrogen (secondary N) is 2. The number of fused-ring (bicyclic) bond motifs is 1. The average molecular weight is 506 g/mol. The Labute approximate surface area is 208 Å². The molecule has 3 N–H and O–H groups in total. The smallest absolute Gasteiger partial charge is 0.335 e. The monoisotopic (exact) mass is 505 g/mol. The lowest BCUT2D eigenvalue weighted by atomic mass is 10.1. The fourth-order valence-corrected chi connectivity index (χ4v) is 4.58. The van der Waals surface area contributed by atoms with Gasteiger partial charge in [0.1, 0.15) is 16.5 Å². The highest BCUT2D eigenvalue weighted by molar-refractivity contribution is 7.98. The minimum atomic E-state index is -0.986. The number of thioether (sulfide) groups is 1. The molecule has 0 fully saturated rings. The molecule has 5 rings (SSSR count). The zero-order chi connectivity index (χ0) is 24.4. The van der Waals surface area contributed by atoms with Crippen molar-refractivity contribution in [2.24, 2.45) is 0 Å². The van der Waals surface area contributed by atoms with Crippen LogP contribution in [0.5, 0.6) is 0 Å². The Morgan fingerprint density at radius 1 is 1.09 bits per heavy atom. The Morgan fingerprint density at radius 2 is 1.97 bits per heavy atom. The number of H-pyrrole nitrogens is 1. The summed E-state index contributed by atoms with van der Waals surface area (Å²) in [6.07, 6.45) is 3.48. The second-order valence-electron chi connectivity index (χ2n) is 7.59. The maximum absolute atomic E-state index is 14.5. The van der Waals surface area contributed by atoms with Crippen molar-refractivity contribution in [3.8, 4) is 11.3 Å². The minimum absolute atomic E-state index is 0.214. The molecule has 3 heterocycles. The van der Waals surface area contributed by atoms with E-state index in [0.29, 0.717) is 27.2 Å². The highest BCUT2D eigenvalue weighted by atomic mass is 35.5. The summed E-state index contributed by atoms with van der Waals surface area (Å²) >= 11 is 7.47. The van der Waals surface area contributed by atoms with Crippen LogP contribution in [0, 0.1) is 5.82 Å². The topological polar surface area (TPSA) is 104 Å². The van der Waals surface area contributed by atoms with Crippen LogP contribution in [0.2, 0.25) is 5.02 Å². The third kappa shape index (κ3) is 4.96. The van der Waals surface area contributed by atoms with Gasteiger partial charge >= 0.3 is 5.97 Å². The molecular weight excluding hydrogens is 489 g/mol. The summed E-state index contributed by atoms with van der Waals surface area (Å²) in [5, 5.41) is 23.1. The Kier molecular flexibility index (Phi) is 6.35. The van der Waals surface area contributed by atoms with Gasteiger partial charge in [0.05, 0.1) is 22.6 Å². The summed E-state index contributed by atoms with van der Waals surface area (Å²) in [4.78, 5) is 18.7. The summed E-state index contributed by atoms with van der Waals surface area (Å²) in [6, 6.07) is 16.4. The molecule has 0 spiro atoms. The molecule has 0 unspecified atom stereocenters. The normalized spacial score (nSPS) is 11.0. The van der Waals surface area contributed by atoms with E-state index in [1.165, 1.54) is 30.0 Å². The van der Waals surface area contributed by atoms with Crippen LogP contribution in [0.15, 0.2) is 78.1 Å². The number of carbonyl (C=O) groups is 1. The average Bonchev–Trinajstić information content (AvgIpc) is 3.35. The molecule has 7 nitrogen and oxygen atoms in total. The maximum atomic E-state index is 14.5. The Bertz CT molecular complexity index is 1560. The van der Waals surface area contributed by atoms with Crippen LogP contribution in [0.1, 0.15) is 15.9 Å². The summed E-state index contributed by atoms with van der Waals surface area (Å²) in [6.45, 7) is 0. The Morgan fingerprint density at radius 3 is 2.83 bits per heavy atom. The highest BCUT2D eigenvalue weighted by Crippen LogP contribution is 2.35. The third-order valence-corrected chi connectivity index (χ3v) is 6.53. The lowest BCUT2D eigenvalue weighted by Crippen LogP contribution is -2.01. The number of hydrogen-bond acceptors (Lipinski definition) is 6. The van der Waals surface area contributed by atoms with E-state index in [1.54, 1.807) is 36.7 Å². The van der Waals surface area contributed by atoms with Crippen LogP contribution in [-0.4, -0.2) is 31.2 Å². The van der Waals surface area contributed by atoms with Crippen molar-refractivity contribution in [3.05, 3.63) is 95.0 Å². The van der Waals surface area contributed by atoms with E-state index in [0.717, 1.165) is 22.3 Å². The SMILES string of the molecule is O=C(O)c1cccc(CSc2nnc(-c3cc(Cl)ccc3F)cc2Nc2ccnc3[nH]ccc23)c1. The molecule has 0 saturated heterocycles. The predicted molar refractivity (Wildman–Crippen MR) is 135 cm³/mol. The Balaban J connectivity index is 1.52. The molecule has 174 valence electrons. The van der Waals surface area contributed by atoms with Crippen LogP contribution in [0.25, 0.3) is 22.3 Å². The summed E-state index contributed by atoms with van der Waals surface area (Å²) in [5.41, 5.74) is 3.72. The standard InChI is InChI=1S/C25H17ClFN5O2S/c26-16-4-5-19(27)18(11-16)21-12-22(30-20-7-9-29-23-17(20)6-8-28-23)24(32-31-21)35-13-14-2-1-3-15(10-14)25(33)34/h1-12H,13H2,(H,33,34)(H2,28,29,30,31).